The molecule has 0 aliphatic carbocycles. The molecule has 1 fully saturated rings. The largest absolute Gasteiger partial charge is 0.392 e. The lowest BCUT2D eigenvalue weighted by Crippen LogP contribution is -2.39. The van der Waals surface area contributed by atoms with Gasteiger partial charge in [0.2, 0.25) is 0 Å². The summed E-state index contributed by atoms with van der Waals surface area (Å²) in [6.07, 6.45) is 2.17. The highest BCUT2D eigenvalue weighted by molar-refractivity contribution is 6.76. The molecule has 0 bridgehead atoms. The molecule has 0 unspecified atom stereocenters. The van der Waals surface area contributed by atoms with Gasteiger partial charge in [-0.2, -0.15) is 0 Å². The average molecular weight is 173 g/mol. The minimum atomic E-state index is -0.937. The zero-order valence-electron chi connectivity index (χ0n) is 7.80. The Morgan fingerprint density at radius 3 is 2.45 bits per heavy atom. The molecule has 1 heterocycles. The van der Waals surface area contributed by atoms with E-state index in [1.807, 2.05) is 0 Å². The number of nitrogens with zero attached hydrogens (tertiary/aromatic N) is 1. The first-order valence-corrected chi connectivity index (χ1v) is 8.08. The van der Waals surface area contributed by atoms with Crippen LogP contribution in [0.15, 0.2) is 0 Å². The molecule has 0 amide bonds. The summed E-state index contributed by atoms with van der Waals surface area (Å²) in [6, 6.07) is 0. The van der Waals surface area contributed by atoms with Crippen molar-refractivity contribution in [3.8, 4) is 0 Å². The Bertz CT molecular complexity index is 133. The van der Waals surface area contributed by atoms with Crippen LogP contribution in [0.25, 0.3) is 0 Å². The van der Waals surface area contributed by atoms with E-state index in [-0.39, 0.29) is 6.10 Å². The van der Waals surface area contributed by atoms with E-state index in [1.54, 1.807) is 0 Å². The summed E-state index contributed by atoms with van der Waals surface area (Å²) < 4.78 is 0. The van der Waals surface area contributed by atoms with E-state index in [0.717, 1.165) is 19.5 Å². The van der Waals surface area contributed by atoms with Crippen LogP contribution in [0.1, 0.15) is 6.42 Å². The number of hydrogen-bond acceptors (Lipinski definition) is 2. The van der Waals surface area contributed by atoms with Gasteiger partial charge < -0.3 is 10.0 Å². The Hall–Kier alpha value is 0.137. The van der Waals surface area contributed by atoms with Crippen LogP contribution in [-0.4, -0.2) is 43.4 Å². The molecule has 1 aliphatic heterocycles. The second-order valence-electron chi connectivity index (χ2n) is 4.74. The molecule has 1 saturated heterocycles. The Balaban J connectivity index is 2.29. The van der Waals surface area contributed by atoms with Crippen molar-refractivity contribution >= 4 is 8.07 Å². The second kappa shape index (κ2) is 3.25. The van der Waals surface area contributed by atoms with E-state index in [1.165, 1.54) is 6.17 Å². The molecule has 0 aromatic rings. The number of aliphatic hydroxyl groups is 1. The Kier molecular flexibility index (Phi) is 2.73. The molecule has 11 heavy (non-hydrogen) atoms. The van der Waals surface area contributed by atoms with Gasteiger partial charge in [-0.3, -0.25) is 0 Å². The Labute approximate surface area is 70.2 Å². The maximum absolute atomic E-state index is 9.27. The van der Waals surface area contributed by atoms with Crippen LogP contribution in [0.3, 0.4) is 0 Å². The van der Waals surface area contributed by atoms with E-state index < -0.39 is 8.07 Å². The fourth-order valence-electron chi connectivity index (χ4n) is 1.63. The van der Waals surface area contributed by atoms with Gasteiger partial charge in [-0.1, -0.05) is 19.6 Å². The van der Waals surface area contributed by atoms with Crippen molar-refractivity contribution in [3.05, 3.63) is 0 Å². The minimum absolute atomic E-state index is 0.0497. The highest BCUT2D eigenvalue weighted by Crippen LogP contribution is 2.12. The van der Waals surface area contributed by atoms with Crippen molar-refractivity contribution in [1.29, 1.82) is 0 Å². The predicted octanol–water partition coefficient (Wildman–Crippen LogP) is 0.930. The van der Waals surface area contributed by atoms with Crippen LogP contribution in [-0.2, 0) is 0 Å². The number of β-amino-alcohol motifs (C(OH)–C–C–N with tert-alkyl or cyclic N) is 1. The second-order valence-corrected chi connectivity index (χ2v) is 10.2. The van der Waals surface area contributed by atoms with Gasteiger partial charge >= 0.3 is 0 Å². The Morgan fingerprint density at radius 2 is 2.09 bits per heavy atom. The molecule has 66 valence electrons. The number of aliphatic hydroxyl groups excluding tert-OH is 1. The summed E-state index contributed by atoms with van der Waals surface area (Å²) in [5.41, 5.74) is 0. The highest BCUT2D eigenvalue weighted by Gasteiger charge is 2.24. The molecule has 3 heteroatoms. The third-order valence-corrected chi connectivity index (χ3v) is 3.34. The van der Waals surface area contributed by atoms with Gasteiger partial charge in [0.25, 0.3) is 0 Å². The minimum Gasteiger partial charge on any atom is -0.392 e. The normalized spacial score (nSPS) is 27.8. The van der Waals surface area contributed by atoms with Crippen molar-refractivity contribution in [2.45, 2.75) is 32.2 Å². The lowest BCUT2D eigenvalue weighted by Gasteiger charge is -2.23. The molecule has 1 atom stereocenters. The van der Waals surface area contributed by atoms with Crippen LogP contribution >= 0.6 is 0 Å². The third-order valence-electron chi connectivity index (χ3n) is 1.95. The van der Waals surface area contributed by atoms with Crippen molar-refractivity contribution in [2.24, 2.45) is 0 Å². The summed E-state index contributed by atoms with van der Waals surface area (Å²) in [5.74, 6) is 0. The molecule has 1 aliphatic rings. The lowest BCUT2D eigenvalue weighted by molar-refractivity contribution is 0.180. The zero-order chi connectivity index (χ0) is 8.48. The first kappa shape index (κ1) is 9.23. The van der Waals surface area contributed by atoms with E-state index in [0.29, 0.717) is 0 Å². The standard InChI is InChI=1S/C8H19NOSi/c1-11(2,3)7-9-5-4-8(10)6-9/h8,10H,4-7H2,1-3H3/t8-/m0/s1. The maximum atomic E-state index is 9.27. The van der Waals surface area contributed by atoms with Crippen molar-refractivity contribution < 1.29 is 5.11 Å². The van der Waals surface area contributed by atoms with Gasteiger partial charge in [0.1, 0.15) is 0 Å². The van der Waals surface area contributed by atoms with Gasteiger partial charge in [0.15, 0.2) is 0 Å². The van der Waals surface area contributed by atoms with Gasteiger partial charge in [-0.25, -0.2) is 0 Å². The maximum Gasteiger partial charge on any atom is 0.0679 e. The first-order valence-electron chi connectivity index (χ1n) is 4.38. The van der Waals surface area contributed by atoms with Gasteiger partial charge in [0, 0.05) is 13.1 Å². The third kappa shape index (κ3) is 3.36. The van der Waals surface area contributed by atoms with Crippen LogP contribution in [0.4, 0.5) is 0 Å². The molecule has 0 radical (unpaired) electrons. The predicted molar refractivity (Wildman–Crippen MR) is 50.4 cm³/mol. The van der Waals surface area contributed by atoms with E-state index in [9.17, 15) is 5.11 Å². The summed E-state index contributed by atoms with van der Waals surface area (Å²) in [4.78, 5) is 2.40. The van der Waals surface area contributed by atoms with E-state index in [4.69, 9.17) is 0 Å². The number of hydrogen-bond donors (Lipinski definition) is 1. The topological polar surface area (TPSA) is 23.5 Å². The van der Waals surface area contributed by atoms with Crippen molar-refractivity contribution in [3.63, 3.8) is 0 Å². The fourth-order valence-corrected chi connectivity index (χ4v) is 3.26. The SMILES string of the molecule is C[Si](C)(C)CN1CC[C@H](O)C1. The molecule has 0 saturated carbocycles. The smallest absolute Gasteiger partial charge is 0.0679 e. The zero-order valence-corrected chi connectivity index (χ0v) is 8.80. The lowest BCUT2D eigenvalue weighted by atomic mass is 10.3. The summed E-state index contributed by atoms with van der Waals surface area (Å²) in [5, 5.41) is 9.27. The fraction of sp³-hybridized carbons (Fsp3) is 1.00. The van der Waals surface area contributed by atoms with E-state index >= 15 is 0 Å². The summed E-state index contributed by atoms with van der Waals surface area (Å²) in [6.45, 7) is 9.13. The molecular weight excluding hydrogens is 154 g/mol. The van der Waals surface area contributed by atoms with E-state index in [2.05, 4.69) is 24.5 Å². The van der Waals surface area contributed by atoms with Gasteiger partial charge in [0.05, 0.1) is 14.2 Å². The molecule has 0 spiro atoms. The van der Waals surface area contributed by atoms with Crippen molar-refractivity contribution in [2.75, 3.05) is 19.3 Å². The number of rotatable bonds is 2. The van der Waals surface area contributed by atoms with Crippen LogP contribution in [0.2, 0.25) is 19.6 Å². The molecule has 2 nitrogen and oxygen atoms in total. The molecule has 0 aromatic heterocycles. The summed E-state index contributed by atoms with van der Waals surface area (Å²) in [7, 11) is -0.937. The van der Waals surface area contributed by atoms with Crippen LogP contribution < -0.4 is 0 Å². The first-order chi connectivity index (χ1) is 4.97. The molecule has 1 rings (SSSR count). The molecule has 0 aromatic carbocycles. The quantitative estimate of drug-likeness (QED) is 0.628. The van der Waals surface area contributed by atoms with Crippen LogP contribution in [0.5, 0.6) is 0 Å². The van der Waals surface area contributed by atoms with Crippen LogP contribution in [0, 0.1) is 0 Å². The Morgan fingerprint density at radius 1 is 1.45 bits per heavy atom. The number of likely N-dealkylation sites (tertiary alicyclic amines) is 1. The highest BCUT2D eigenvalue weighted by atomic mass is 28.3. The van der Waals surface area contributed by atoms with Crippen molar-refractivity contribution in [1.82, 2.24) is 4.90 Å². The average Bonchev–Trinajstić information content (AvgIpc) is 2.10. The van der Waals surface area contributed by atoms with Gasteiger partial charge in [-0.15, -0.1) is 0 Å². The monoisotopic (exact) mass is 173 g/mol. The summed E-state index contributed by atoms with van der Waals surface area (Å²) >= 11 is 0. The van der Waals surface area contributed by atoms with Gasteiger partial charge in [-0.05, 0) is 12.6 Å². The molecule has 1 N–H and O–H groups in total. The molecular formula is C8H19NOSi.